The Balaban J connectivity index is 2.09. The Bertz CT molecular complexity index is 625. The second-order valence-electron chi connectivity index (χ2n) is 5.37. The second kappa shape index (κ2) is 7.34. The standard InChI is InChI=1S/C17H20BrNOS/c1-12(2)13-7-9-14(10-8-13)16(19)11-21(20)17-6-4-3-5-15(17)18/h3-10,12,16H,11,19H2,1-2H3. The first-order valence-electron chi connectivity index (χ1n) is 6.97. The Morgan fingerprint density at radius 1 is 1.05 bits per heavy atom. The van der Waals surface area contributed by atoms with E-state index in [1.807, 2.05) is 36.4 Å². The molecule has 0 spiro atoms. The van der Waals surface area contributed by atoms with E-state index in [0.29, 0.717) is 11.7 Å². The minimum Gasteiger partial charge on any atom is -0.323 e. The molecule has 2 atom stereocenters. The Morgan fingerprint density at radius 2 is 1.62 bits per heavy atom. The number of rotatable bonds is 5. The van der Waals surface area contributed by atoms with Crippen LogP contribution in [0.2, 0.25) is 0 Å². The van der Waals surface area contributed by atoms with Gasteiger partial charge >= 0.3 is 0 Å². The minimum absolute atomic E-state index is 0.223. The number of halogens is 1. The summed E-state index contributed by atoms with van der Waals surface area (Å²) in [6, 6.07) is 15.6. The third-order valence-electron chi connectivity index (χ3n) is 3.44. The molecular weight excluding hydrogens is 346 g/mol. The first kappa shape index (κ1) is 16.4. The van der Waals surface area contributed by atoms with Crippen molar-refractivity contribution in [3.63, 3.8) is 0 Å². The van der Waals surface area contributed by atoms with Crippen molar-refractivity contribution in [2.45, 2.75) is 30.7 Å². The van der Waals surface area contributed by atoms with Crippen LogP contribution in [-0.2, 0) is 10.8 Å². The summed E-state index contributed by atoms with van der Waals surface area (Å²) in [5.41, 5.74) is 8.52. The predicted octanol–water partition coefficient (Wildman–Crippen LogP) is 4.38. The summed E-state index contributed by atoms with van der Waals surface area (Å²) in [4.78, 5) is 0.798. The molecule has 0 bridgehead atoms. The highest BCUT2D eigenvalue weighted by molar-refractivity contribution is 9.10. The summed E-state index contributed by atoms with van der Waals surface area (Å²) in [5.74, 6) is 0.925. The number of hydrogen-bond acceptors (Lipinski definition) is 2. The van der Waals surface area contributed by atoms with Crippen LogP contribution >= 0.6 is 15.9 Å². The van der Waals surface area contributed by atoms with Crippen LogP contribution in [0.3, 0.4) is 0 Å². The van der Waals surface area contributed by atoms with E-state index in [0.717, 1.165) is 14.9 Å². The molecule has 0 aliphatic heterocycles. The predicted molar refractivity (Wildman–Crippen MR) is 92.9 cm³/mol. The van der Waals surface area contributed by atoms with Gasteiger partial charge in [-0.25, -0.2) is 0 Å². The summed E-state index contributed by atoms with van der Waals surface area (Å²) in [6.07, 6.45) is 0. The molecule has 0 aliphatic carbocycles. The maximum Gasteiger partial charge on any atom is 0.0560 e. The van der Waals surface area contributed by atoms with E-state index in [-0.39, 0.29) is 6.04 Å². The lowest BCUT2D eigenvalue weighted by Crippen LogP contribution is -2.18. The molecule has 0 fully saturated rings. The van der Waals surface area contributed by atoms with Crippen LogP contribution in [0.4, 0.5) is 0 Å². The fourth-order valence-electron chi connectivity index (χ4n) is 2.11. The summed E-state index contributed by atoms with van der Waals surface area (Å²) in [5, 5.41) is 0. The van der Waals surface area contributed by atoms with Gasteiger partial charge in [0.2, 0.25) is 0 Å². The van der Waals surface area contributed by atoms with E-state index in [1.54, 1.807) is 0 Å². The number of hydrogen-bond donors (Lipinski definition) is 1. The molecule has 2 aromatic carbocycles. The van der Waals surface area contributed by atoms with Gasteiger partial charge in [0.25, 0.3) is 0 Å². The molecular formula is C17H20BrNOS. The first-order valence-corrected chi connectivity index (χ1v) is 9.08. The molecule has 2 N–H and O–H groups in total. The largest absolute Gasteiger partial charge is 0.323 e. The van der Waals surface area contributed by atoms with Crippen molar-refractivity contribution in [2.24, 2.45) is 5.73 Å². The van der Waals surface area contributed by atoms with Crippen LogP contribution in [0.5, 0.6) is 0 Å². The zero-order valence-electron chi connectivity index (χ0n) is 12.3. The van der Waals surface area contributed by atoms with Gasteiger partial charge in [-0.2, -0.15) is 0 Å². The normalized spacial score (nSPS) is 14.1. The van der Waals surface area contributed by atoms with Gasteiger partial charge in [-0.05, 0) is 45.1 Å². The lowest BCUT2D eigenvalue weighted by Gasteiger charge is -2.14. The molecule has 0 saturated heterocycles. The van der Waals surface area contributed by atoms with Crippen molar-refractivity contribution in [3.8, 4) is 0 Å². The summed E-state index contributed by atoms with van der Waals surface area (Å²) < 4.78 is 13.3. The fourth-order valence-corrected chi connectivity index (χ4v) is 4.15. The van der Waals surface area contributed by atoms with Gasteiger partial charge in [0.1, 0.15) is 0 Å². The molecule has 0 saturated carbocycles. The third kappa shape index (κ3) is 4.25. The quantitative estimate of drug-likeness (QED) is 0.853. The molecule has 2 unspecified atom stereocenters. The maximum absolute atomic E-state index is 12.4. The van der Waals surface area contributed by atoms with Crippen molar-refractivity contribution < 1.29 is 4.21 Å². The molecule has 0 heterocycles. The summed E-state index contributed by atoms with van der Waals surface area (Å²) in [7, 11) is -1.11. The van der Waals surface area contributed by atoms with Gasteiger partial charge in [-0.3, -0.25) is 4.21 Å². The Morgan fingerprint density at radius 3 is 2.19 bits per heavy atom. The highest BCUT2D eigenvalue weighted by Crippen LogP contribution is 2.23. The van der Waals surface area contributed by atoms with Crippen LogP contribution in [-0.4, -0.2) is 9.96 Å². The van der Waals surface area contributed by atoms with Gasteiger partial charge in [-0.15, -0.1) is 0 Å². The Hall–Kier alpha value is -0.970. The van der Waals surface area contributed by atoms with E-state index >= 15 is 0 Å². The molecule has 21 heavy (non-hydrogen) atoms. The maximum atomic E-state index is 12.4. The smallest absolute Gasteiger partial charge is 0.0560 e. The average Bonchev–Trinajstić information content (AvgIpc) is 2.47. The van der Waals surface area contributed by atoms with Crippen molar-refractivity contribution in [1.82, 2.24) is 0 Å². The van der Waals surface area contributed by atoms with Crippen molar-refractivity contribution in [1.29, 1.82) is 0 Å². The lowest BCUT2D eigenvalue weighted by molar-refractivity contribution is 0.675. The topological polar surface area (TPSA) is 43.1 Å². The van der Waals surface area contributed by atoms with Gasteiger partial charge in [0.15, 0.2) is 0 Å². The highest BCUT2D eigenvalue weighted by Gasteiger charge is 2.14. The molecule has 2 nitrogen and oxygen atoms in total. The van der Waals surface area contributed by atoms with Gasteiger partial charge in [0, 0.05) is 16.3 Å². The van der Waals surface area contributed by atoms with Crippen molar-refractivity contribution >= 4 is 26.7 Å². The van der Waals surface area contributed by atoms with E-state index in [9.17, 15) is 4.21 Å². The average molecular weight is 366 g/mol. The van der Waals surface area contributed by atoms with Crippen LogP contribution in [0.15, 0.2) is 57.9 Å². The zero-order valence-corrected chi connectivity index (χ0v) is 14.7. The zero-order chi connectivity index (χ0) is 15.4. The van der Waals surface area contributed by atoms with Gasteiger partial charge < -0.3 is 5.73 Å². The van der Waals surface area contributed by atoms with E-state index in [4.69, 9.17) is 5.73 Å². The molecule has 4 heteroatoms. The molecule has 0 amide bonds. The monoisotopic (exact) mass is 365 g/mol. The highest BCUT2D eigenvalue weighted by atomic mass is 79.9. The molecule has 112 valence electrons. The second-order valence-corrected chi connectivity index (χ2v) is 7.69. The van der Waals surface area contributed by atoms with Crippen LogP contribution < -0.4 is 5.73 Å². The van der Waals surface area contributed by atoms with Gasteiger partial charge in [-0.1, -0.05) is 50.2 Å². The SMILES string of the molecule is CC(C)c1ccc(C(N)CS(=O)c2ccccc2Br)cc1. The Kier molecular flexibility index (Phi) is 5.73. The van der Waals surface area contributed by atoms with Gasteiger partial charge in [0.05, 0.1) is 15.7 Å². The fraction of sp³-hybridized carbons (Fsp3) is 0.294. The van der Waals surface area contributed by atoms with Crippen LogP contribution in [0.25, 0.3) is 0 Å². The molecule has 0 aliphatic rings. The van der Waals surface area contributed by atoms with E-state index in [2.05, 4.69) is 41.9 Å². The summed E-state index contributed by atoms with van der Waals surface area (Å²) in [6.45, 7) is 4.33. The van der Waals surface area contributed by atoms with E-state index < -0.39 is 10.8 Å². The minimum atomic E-state index is -1.11. The van der Waals surface area contributed by atoms with Crippen molar-refractivity contribution in [2.75, 3.05) is 5.75 Å². The van der Waals surface area contributed by atoms with Crippen LogP contribution in [0, 0.1) is 0 Å². The first-order chi connectivity index (χ1) is 9.99. The molecule has 2 rings (SSSR count). The molecule has 0 radical (unpaired) electrons. The van der Waals surface area contributed by atoms with Crippen LogP contribution in [0.1, 0.15) is 36.9 Å². The van der Waals surface area contributed by atoms with Crippen molar-refractivity contribution in [3.05, 3.63) is 64.1 Å². The number of nitrogens with two attached hydrogens (primary N) is 1. The number of benzene rings is 2. The molecule has 0 aromatic heterocycles. The molecule has 2 aromatic rings. The van der Waals surface area contributed by atoms with E-state index in [1.165, 1.54) is 5.56 Å². The Labute approximate surface area is 137 Å². The summed E-state index contributed by atoms with van der Waals surface area (Å²) >= 11 is 3.43. The lowest BCUT2D eigenvalue weighted by atomic mass is 10.00. The third-order valence-corrected chi connectivity index (χ3v) is 5.91.